The summed E-state index contributed by atoms with van der Waals surface area (Å²) in [6.45, 7) is 6.61. The fourth-order valence-electron chi connectivity index (χ4n) is 3.78. The molecule has 2 N–H and O–H groups in total. The predicted molar refractivity (Wildman–Crippen MR) is 106 cm³/mol. The predicted octanol–water partition coefficient (Wildman–Crippen LogP) is 1.62. The molecule has 2 fully saturated rings. The molecule has 2 aliphatic heterocycles. The third-order valence-electron chi connectivity index (χ3n) is 5.48. The molecule has 2 heterocycles. The SMILES string of the molecule is O=C(COc1ccccc1CNCCCN1CCC(O)CC1)N1CCCC1. The van der Waals surface area contributed by atoms with Crippen molar-refractivity contribution in [3.05, 3.63) is 29.8 Å². The van der Waals surface area contributed by atoms with E-state index >= 15 is 0 Å². The van der Waals surface area contributed by atoms with Crippen LogP contribution in [0.25, 0.3) is 0 Å². The Labute approximate surface area is 162 Å². The highest BCUT2D eigenvalue weighted by Gasteiger charge is 2.18. The molecule has 0 aromatic heterocycles. The smallest absolute Gasteiger partial charge is 0.260 e. The van der Waals surface area contributed by atoms with Crippen molar-refractivity contribution in [1.82, 2.24) is 15.1 Å². The minimum absolute atomic E-state index is 0.0851. The summed E-state index contributed by atoms with van der Waals surface area (Å²) in [5.74, 6) is 0.879. The first-order chi connectivity index (χ1) is 13.2. The van der Waals surface area contributed by atoms with Crippen LogP contribution < -0.4 is 10.1 Å². The lowest BCUT2D eigenvalue weighted by Gasteiger charge is -2.29. The molecule has 0 saturated carbocycles. The van der Waals surface area contributed by atoms with Crippen LogP contribution in [0.2, 0.25) is 0 Å². The van der Waals surface area contributed by atoms with Crippen LogP contribution in [0.3, 0.4) is 0 Å². The highest BCUT2D eigenvalue weighted by Crippen LogP contribution is 2.18. The maximum Gasteiger partial charge on any atom is 0.260 e. The molecule has 0 atom stereocenters. The summed E-state index contributed by atoms with van der Waals surface area (Å²) in [5, 5.41) is 13.0. The van der Waals surface area contributed by atoms with Gasteiger partial charge in [-0.2, -0.15) is 0 Å². The summed E-state index contributed by atoms with van der Waals surface area (Å²) in [6, 6.07) is 7.94. The van der Waals surface area contributed by atoms with Gasteiger partial charge in [-0.15, -0.1) is 0 Å². The molecule has 1 amide bonds. The van der Waals surface area contributed by atoms with E-state index in [0.29, 0.717) is 0 Å². The van der Waals surface area contributed by atoms with Gasteiger partial charge in [-0.1, -0.05) is 18.2 Å². The summed E-state index contributed by atoms with van der Waals surface area (Å²) in [6.07, 6.45) is 4.98. The maximum absolute atomic E-state index is 12.2. The number of likely N-dealkylation sites (tertiary alicyclic amines) is 2. The molecule has 6 nitrogen and oxygen atoms in total. The largest absolute Gasteiger partial charge is 0.483 e. The van der Waals surface area contributed by atoms with Gasteiger partial charge in [0, 0.05) is 38.3 Å². The molecule has 27 heavy (non-hydrogen) atoms. The molecule has 2 saturated heterocycles. The van der Waals surface area contributed by atoms with Crippen LogP contribution in [0.4, 0.5) is 0 Å². The quantitative estimate of drug-likeness (QED) is 0.642. The third kappa shape index (κ3) is 6.48. The van der Waals surface area contributed by atoms with E-state index in [1.165, 1.54) is 0 Å². The van der Waals surface area contributed by atoms with E-state index < -0.39 is 0 Å². The van der Waals surface area contributed by atoms with E-state index in [2.05, 4.69) is 16.3 Å². The van der Waals surface area contributed by atoms with Crippen LogP contribution in [-0.4, -0.2) is 72.8 Å². The number of piperidine rings is 1. The van der Waals surface area contributed by atoms with Gasteiger partial charge in [0.25, 0.3) is 5.91 Å². The fourth-order valence-corrected chi connectivity index (χ4v) is 3.78. The Balaban J connectivity index is 1.35. The van der Waals surface area contributed by atoms with E-state index in [9.17, 15) is 9.90 Å². The Hall–Kier alpha value is -1.63. The monoisotopic (exact) mass is 375 g/mol. The number of ether oxygens (including phenoxy) is 1. The first-order valence-electron chi connectivity index (χ1n) is 10.3. The van der Waals surface area contributed by atoms with Crippen molar-refractivity contribution < 1.29 is 14.6 Å². The summed E-state index contributed by atoms with van der Waals surface area (Å²) in [7, 11) is 0. The van der Waals surface area contributed by atoms with Gasteiger partial charge < -0.3 is 25.0 Å². The Bertz CT molecular complexity index is 582. The van der Waals surface area contributed by atoms with Gasteiger partial charge in [0.2, 0.25) is 0 Å². The van der Waals surface area contributed by atoms with Gasteiger partial charge in [-0.3, -0.25) is 4.79 Å². The van der Waals surface area contributed by atoms with Crippen LogP contribution in [0.15, 0.2) is 24.3 Å². The Kier molecular flexibility index (Phi) is 7.93. The molecule has 150 valence electrons. The lowest BCUT2D eigenvalue weighted by molar-refractivity contribution is -0.132. The number of hydrogen-bond acceptors (Lipinski definition) is 5. The van der Waals surface area contributed by atoms with Crippen LogP contribution >= 0.6 is 0 Å². The number of amides is 1. The highest BCUT2D eigenvalue weighted by atomic mass is 16.5. The molecule has 2 aliphatic rings. The van der Waals surface area contributed by atoms with E-state index in [0.717, 1.165) is 89.2 Å². The molecule has 0 aliphatic carbocycles. The Morgan fingerprint density at radius 3 is 2.67 bits per heavy atom. The lowest BCUT2D eigenvalue weighted by atomic mass is 10.1. The molecular formula is C21H33N3O3. The molecule has 0 unspecified atom stereocenters. The van der Waals surface area contributed by atoms with Crippen molar-refractivity contribution in [3.8, 4) is 5.75 Å². The number of rotatable bonds is 9. The lowest BCUT2D eigenvalue weighted by Crippen LogP contribution is -2.37. The second-order valence-corrected chi connectivity index (χ2v) is 7.59. The number of nitrogens with zero attached hydrogens (tertiary/aromatic N) is 2. The van der Waals surface area contributed by atoms with Crippen LogP contribution in [0.1, 0.15) is 37.7 Å². The highest BCUT2D eigenvalue weighted by molar-refractivity contribution is 5.78. The van der Waals surface area contributed by atoms with Crippen molar-refractivity contribution in [2.24, 2.45) is 0 Å². The Morgan fingerprint density at radius 1 is 1.15 bits per heavy atom. The molecule has 0 spiro atoms. The van der Waals surface area contributed by atoms with Gasteiger partial charge in [-0.05, 0) is 51.3 Å². The van der Waals surface area contributed by atoms with Crippen molar-refractivity contribution in [2.45, 2.75) is 44.8 Å². The zero-order valence-electron chi connectivity index (χ0n) is 16.2. The topological polar surface area (TPSA) is 65.0 Å². The van der Waals surface area contributed by atoms with Gasteiger partial charge in [-0.25, -0.2) is 0 Å². The van der Waals surface area contributed by atoms with Crippen molar-refractivity contribution in [1.29, 1.82) is 0 Å². The molecule has 1 aromatic rings. The van der Waals surface area contributed by atoms with E-state index in [1.54, 1.807) is 0 Å². The fraction of sp³-hybridized carbons (Fsp3) is 0.667. The number of para-hydroxylation sites is 1. The van der Waals surface area contributed by atoms with Gasteiger partial charge in [0.15, 0.2) is 6.61 Å². The Morgan fingerprint density at radius 2 is 1.89 bits per heavy atom. The van der Waals surface area contributed by atoms with E-state index in [-0.39, 0.29) is 18.6 Å². The number of carbonyl (C=O) groups excluding carboxylic acids is 1. The normalized spacial score (nSPS) is 18.8. The van der Waals surface area contributed by atoms with Crippen LogP contribution in [0.5, 0.6) is 5.75 Å². The van der Waals surface area contributed by atoms with Gasteiger partial charge >= 0.3 is 0 Å². The molecule has 6 heteroatoms. The zero-order chi connectivity index (χ0) is 18.9. The number of carbonyl (C=O) groups is 1. The summed E-state index contributed by atoms with van der Waals surface area (Å²) in [4.78, 5) is 16.5. The molecule has 3 rings (SSSR count). The summed E-state index contributed by atoms with van der Waals surface area (Å²) in [5.41, 5.74) is 1.09. The standard InChI is InChI=1S/C21H33N3O3/c25-19-8-14-23(15-9-19)11-5-10-22-16-18-6-1-2-7-20(18)27-17-21(26)24-12-3-4-13-24/h1-2,6-7,19,22,25H,3-5,8-17H2. The average Bonchev–Trinajstić information content (AvgIpc) is 3.23. The number of benzene rings is 1. The zero-order valence-corrected chi connectivity index (χ0v) is 16.2. The average molecular weight is 376 g/mol. The second-order valence-electron chi connectivity index (χ2n) is 7.59. The first-order valence-corrected chi connectivity index (χ1v) is 10.3. The number of nitrogens with one attached hydrogen (secondary N) is 1. The molecular weight excluding hydrogens is 342 g/mol. The van der Waals surface area contributed by atoms with Crippen molar-refractivity contribution in [2.75, 3.05) is 45.9 Å². The number of hydrogen-bond donors (Lipinski definition) is 2. The summed E-state index contributed by atoms with van der Waals surface area (Å²) >= 11 is 0. The van der Waals surface area contributed by atoms with Gasteiger partial charge in [0.05, 0.1) is 6.10 Å². The minimum Gasteiger partial charge on any atom is -0.483 e. The van der Waals surface area contributed by atoms with Crippen molar-refractivity contribution >= 4 is 5.91 Å². The van der Waals surface area contributed by atoms with Gasteiger partial charge in [0.1, 0.15) is 5.75 Å². The van der Waals surface area contributed by atoms with Crippen molar-refractivity contribution in [3.63, 3.8) is 0 Å². The number of aliphatic hydroxyl groups excluding tert-OH is 1. The molecule has 0 radical (unpaired) electrons. The van der Waals surface area contributed by atoms with E-state index in [4.69, 9.17) is 4.74 Å². The third-order valence-corrected chi connectivity index (χ3v) is 5.48. The number of aliphatic hydroxyl groups is 1. The molecule has 1 aromatic carbocycles. The van der Waals surface area contributed by atoms with Crippen LogP contribution in [-0.2, 0) is 11.3 Å². The second kappa shape index (κ2) is 10.6. The van der Waals surface area contributed by atoms with E-state index in [1.807, 2.05) is 23.1 Å². The van der Waals surface area contributed by atoms with Crippen LogP contribution in [0, 0.1) is 0 Å². The maximum atomic E-state index is 12.2. The minimum atomic E-state index is -0.103. The summed E-state index contributed by atoms with van der Waals surface area (Å²) < 4.78 is 5.81. The molecule has 0 bridgehead atoms. The first kappa shape index (κ1) is 20.1.